The molecular weight excluding hydrogens is 302 g/mol. The second-order valence-electron chi connectivity index (χ2n) is 3.73. The highest BCUT2D eigenvalue weighted by molar-refractivity contribution is 8.03. The van der Waals surface area contributed by atoms with Gasteiger partial charge in [-0.3, -0.25) is 4.79 Å². The van der Waals surface area contributed by atoms with Gasteiger partial charge in [0.05, 0.1) is 11.9 Å². The van der Waals surface area contributed by atoms with Gasteiger partial charge in [-0.05, 0) is 13.3 Å². The quantitative estimate of drug-likeness (QED) is 0.556. The molecule has 1 atom stereocenters. The molecule has 0 fully saturated rings. The van der Waals surface area contributed by atoms with E-state index in [1.54, 1.807) is 30.2 Å². The number of carbonyl (C=O) groups is 1. The van der Waals surface area contributed by atoms with Crippen LogP contribution in [0.1, 0.15) is 20.3 Å². The van der Waals surface area contributed by atoms with Crippen LogP contribution in [0.5, 0.6) is 0 Å². The van der Waals surface area contributed by atoms with E-state index in [0.717, 1.165) is 20.9 Å². The zero-order chi connectivity index (χ0) is 14.1. The molecule has 108 valence electrons. The molecule has 0 aromatic carbocycles. The van der Waals surface area contributed by atoms with E-state index in [2.05, 4.69) is 22.4 Å². The van der Waals surface area contributed by atoms with Gasteiger partial charge in [-0.25, -0.2) is 0 Å². The van der Waals surface area contributed by atoms with Gasteiger partial charge in [0, 0.05) is 19.4 Å². The normalized spacial score (nSPS) is 12.4. The molecule has 0 radical (unpaired) electrons. The summed E-state index contributed by atoms with van der Waals surface area (Å²) < 4.78 is 6.70. The summed E-state index contributed by atoms with van der Waals surface area (Å²) >= 11 is 4.70. The van der Waals surface area contributed by atoms with Gasteiger partial charge in [-0.1, -0.05) is 41.8 Å². The molecule has 19 heavy (non-hydrogen) atoms. The topological polar surface area (TPSA) is 64.1 Å². The van der Waals surface area contributed by atoms with E-state index in [1.807, 2.05) is 6.92 Å². The molecule has 1 heterocycles. The van der Waals surface area contributed by atoms with Crippen LogP contribution >= 0.6 is 34.9 Å². The van der Waals surface area contributed by atoms with E-state index in [0.29, 0.717) is 13.2 Å². The minimum Gasteiger partial charge on any atom is -0.383 e. The summed E-state index contributed by atoms with van der Waals surface area (Å²) in [5.74, 6) is 1.05. The van der Waals surface area contributed by atoms with Crippen LogP contribution in [0.3, 0.4) is 0 Å². The number of thioether (sulfide) groups is 2. The van der Waals surface area contributed by atoms with E-state index in [9.17, 15) is 4.79 Å². The Bertz CT molecular complexity index is 387. The lowest BCUT2D eigenvalue weighted by molar-refractivity contribution is -0.120. The molecular formula is C11H19N3O2S3. The van der Waals surface area contributed by atoms with E-state index in [-0.39, 0.29) is 11.2 Å². The van der Waals surface area contributed by atoms with Crippen LogP contribution in [0.15, 0.2) is 8.68 Å². The van der Waals surface area contributed by atoms with Crippen molar-refractivity contribution in [2.24, 2.45) is 0 Å². The summed E-state index contributed by atoms with van der Waals surface area (Å²) in [6.45, 7) is 5.07. The van der Waals surface area contributed by atoms with E-state index in [4.69, 9.17) is 4.74 Å². The minimum atomic E-state index is -0.172. The molecule has 0 aliphatic heterocycles. The summed E-state index contributed by atoms with van der Waals surface area (Å²) in [5, 5.41) is 10.8. The lowest BCUT2D eigenvalue weighted by Crippen LogP contribution is -2.33. The van der Waals surface area contributed by atoms with Gasteiger partial charge >= 0.3 is 0 Å². The predicted molar refractivity (Wildman–Crippen MR) is 81.1 cm³/mol. The van der Waals surface area contributed by atoms with Crippen LogP contribution in [0, 0.1) is 0 Å². The Labute approximate surface area is 126 Å². The fourth-order valence-electron chi connectivity index (χ4n) is 1.12. The number of hydrogen-bond acceptors (Lipinski definition) is 7. The second kappa shape index (κ2) is 9.57. The summed E-state index contributed by atoms with van der Waals surface area (Å²) in [4.78, 5) is 11.8. The smallest absolute Gasteiger partial charge is 0.233 e. The van der Waals surface area contributed by atoms with Gasteiger partial charge in [-0.15, -0.1) is 10.2 Å². The standard InChI is InChI=1S/C11H19N3O2S3/c1-4-7-17-10-13-14-11(19-10)18-8(2)9(15)12-5-6-16-3/h8H,4-7H2,1-3H3,(H,12,15)/t8-/m0/s1. The van der Waals surface area contributed by atoms with Crippen molar-refractivity contribution in [2.45, 2.75) is 34.2 Å². The van der Waals surface area contributed by atoms with Crippen LogP contribution in [0.25, 0.3) is 0 Å². The van der Waals surface area contributed by atoms with Gasteiger partial charge in [0.1, 0.15) is 0 Å². The molecule has 1 amide bonds. The molecule has 1 aromatic heterocycles. The highest BCUT2D eigenvalue weighted by Gasteiger charge is 2.16. The zero-order valence-corrected chi connectivity index (χ0v) is 13.8. The number of amides is 1. The first kappa shape index (κ1) is 16.7. The summed E-state index contributed by atoms with van der Waals surface area (Å²) in [5.41, 5.74) is 0. The Morgan fingerprint density at radius 3 is 2.89 bits per heavy atom. The number of hydrogen-bond donors (Lipinski definition) is 1. The molecule has 1 N–H and O–H groups in total. The van der Waals surface area contributed by atoms with Gasteiger partial charge in [-0.2, -0.15) is 0 Å². The number of carbonyl (C=O) groups excluding carboxylic acids is 1. The molecule has 8 heteroatoms. The molecule has 0 unspecified atom stereocenters. The Morgan fingerprint density at radius 1 is 1.47 bits per heavy atom. The van der Waals surface area contributed by atoms with E-state index < -0.39 is 0 Å². The highest BCUT2D eigenvalue weighted by atomic mass is 32.2. The Hall–Kier alpha value is -0.310. The first-order chi connectivity index (χ1) is 9.17. The zero-order valence-electron chi connectivity index (χ0n) is 11.3. The van der Waals surface area contributed by atoms with Gasteiger partial charge in [0.2, 0.25) is 5.91 Å². The van der Waals surface area contributed by atoms with Crippen LogP contribution in [-0.2, 0) is 9.53 Å². The summed E-state index contributed by atoms with van der Waals surface area (Å²) in [6, 6.07) is 0. The van der Waals surface area contributed by atoms with Crippen LogP contribution < -0.4 is 5.32 Å². The molecule has 0 aliphatic carbocycles. The minimum absolute atomic E-state index is 0.0000104. The maximum atomic E-state index is 11.8. The average molecular weight is 321 g/mol. The van der Waals surface area contributed by atoms with Gasteiger partial charge < -0.3 is 10.1 Å². The molecule has 0 aliphatic rings. The number of methoxy groups -OCH3 is 1. The highest BCUT2D eigenvalue weighted by Crippen LogP contribution is 2.31. The van der Waals surface area contributed by atoms with E-state index >= 15 is 0 Å². The number of nitrogens with zero attached hydrogens (tertiary/aromatic N) is 2. The number of rotatable bonds is 9. The van der Waals surface area contributed by atoms with Crippen LogP contribution in [-0.4, -0.2) is 47.4 Å². The molecule has 0 saturated heterocycles. The SMILES string of the molecule is CCCSc1nnc(S[C@@H](C)C(=O)NCCOC)s1. The predicted octanol–water partition coefficient (Wildman–Crippen LogP) is 2.28. The van der Waals surface area contributed by atoms with Crippen LogP contribution in [0.2, 0.25) is 0 Å². The van der Waals surface area contributed by atoms with Gasteiger partial charge in [0.25, 0.3) is 0 Å². The maximum Gasteiger partial charge on any atom is 0.233 e. The number of ether oxygens (including phenoxy) is 1. The third-order valence-corrected chi connectivity index (χ3v) is 5.52. The largest absolute Gasteiger partial charge is 0.383 e. The van der Waals surface area contributed by atoms with Crippen molar-refractivity contribution in [1.29, 1.82) is 0 Å². The summed E-state index contributed by atoms with van der Waals surface area (Å²) in [6.07, 6.45) is 1.12. The molecule has 5 nitrogen and oxygen atoms in total. The van der Waals surface area contributed by atoms with Crippen molar-refractivity contribution in [1.82, 2.24) is 15.5 Å². The average Bonchev–Trinajstić information content (AvgIpc) is 2.84. The molecule has 0 bridgehead atoms. The van der Waals surface area contributed by atoms with Crippen molar-refractivity contribution in [2.75, 3.05) is 26.0 Å². The van der Waals surface area contributed by atoms with Gasteiger partial charge in [0.15, 0.2) is 8.68 Å². The molecule has 1 rings (SSSR count). The Morgan fingerprint density at radius 2 is 2.21 bits per heavy atom. The maximum absolute atomic E-state index is 11.8. The molecule has 0 spiro atoms. The lowest BCUT2D eigenvalue weighted by atomic mass is 10.4. The second-order valence-corrected chi connectivity index (χ2v) is 7.63. The number of aromatic nitrogens is 2. The monoisotopic (exact) mass is 321 g/mol. The Balaban J connectivity index is 2.36. The van der Waals surface area contributed by atoms with Crippen molar-refractivity contribution in [3.05, 3.63) is 0 Å². The fourth-order valence-corrected chi connectivity index (χ4v) is 4.23. The van der Waals surface area contributed by atoms with Crippen molar-refractivity contribution < 1.29 is 9.53 Å². The van der Waals surface area contributed by atoms with E-state index in [1.165, 1.54) is 11.8 Å². The van der Waals surface area contributed by atoms with Crippen molar-refractivity contribution >= 4 is 40.8 Å². The number of nitrogens with one attached hydrogen (secondary N) is 1. The van der Waals surface area contributed by atoms with Crippen LogP contribution in [0.4, 0.5) is 0 Å². The third-order valence-electron chi connectivity index (χ3n) is 2.07. The molecule has 1 aromatic rings. The fraction of sp³-hybridized carbons (Fsp3) is 0.727. The first-order valence-electron chi connectivity index (χ1n) is 6.07. The first-order valence-corrected chi connectivity index (χ1v) is 8.75. The molecule has 0 saturated carbocycles. The van der Waals surface area contributed by atoms with Crippen molar-refractivity contribution in [3.63, 3.8) is 0 Å². The lowest BCUT2D eigenvalue weighted by Gasteiger charge is -2.09. The third kappa shape index (κ3) is 6.60. The van der Waals surface area contributed by atoms with Crippen molar-refractivity contribution in [3.8, 4) is 0 Å². The Kier molecular flexibility index (Phi) is 8.43. The summed E-state index contributed by atoms with van der Waals surface area (Å²) in [7, 11) is 1.61.